The van der Waals surface area contributed by atoms with Gasteiger partial charge in [-0.1, -0.05) is 18.0 Å². The maximum absolute atomic E-state index is 15.3. The number of fused-ring (bicyclic) bond motifs is 1. The van der Waals surface area contributed by atoms with Gasteiger partial charge in [0.05, 0.1) is 26.4 Å². The molecule has 4 rings (SSSR count). The number of Topliss-reactive ketones (excluding diaryl/α,β-unsaturated/α-hetero) is 1. The predicted octanol–water partition coefficient (Wildman–Crippen LogP) is 4.39. The zero-order valence-electron chi connectivity index (χ0n) is 19.8. The summed E-state index contributed by atoms with van der Waals surface area (Å²) in [4.78, 5) is 26.3. The van der Waals surface area contributed by atoms with Crippen LogP contribution in [-0.4, -0.2) is 42.3 Å². The van der Waals surface area contributed by atoms with E-state index in [4.69, 9.17) is 22.3 Å². The fourth-order valence-corrected chi connectivity index (χ4v) is 8.27. The second-order valence-corrected chi connectivity index (χ2v) is 13.0. The minimum absolute atomic E-state index is 0.0341. The summed E-state index contributed by atoms with van der Waals surface area (Å²) in [7, 11) is -2.88. The van der Waals surface area contributed by atoms with Gasteiger partial charge in [-0.2, -0.15) is 0 Å². The number of halogens is 2. The predicted molar refractivity (Wildman–Crippen MR) is 132 cm³/mol. The molecule has 7 nitrogen and oxygen atoms in total. The molecule has 2 N–H and O–H groups in total. The first-order valence-electron chi connectivity index (χ1n) is 11.3. The lowest BCUT2D eigenvalue weighted by Crippen LogP contribution is -2.59. The number of hydrogen-bond acceptors (Lipinski definition) is 7. The number of aromatic nitrogens is 2. The Labute approximate surface area is 204 Å². The molecular formula is C24H29ClFN5O2S. The van der Waals surface area contributed by atoms with Crippen molar-refractivity contribution in [2.24, 2.45) is 15.1 Å². The van der Waals surface area contributed by atoms with Crippen LogP contribution in [0.5, 0.6) is 0 Å². The smallest absolute Gasteiger partial charge is 0.187 e. The van der Waals surface area contributed by atoms with Gasteiger partial charge in [0.2, 0.25) is 0 Å². The largest absolute Gasteiger partial charge is 0.386 e. The van der Waals surface area contributed by atoms with E-state index < -0.39 is 31.1 Å². The molecule has 0 unspecified atom stereocenters. The Balaban J connectivity index is 1.80. The van der Waals surface area contributed by atoms with Crippen molar-refractivity contribution in [2.75, 3.05) is 6.54 Å². The van der Waals surface area contributed by atoms with Crippen LogP contribution >= 0.6 is 11.6 Å². The Morgan fingerprint density at radius 1 is 1.29 bits per heavy atom. The quantitative estimate of drug-likeness (QED) is 0.619. The maximum atomic E-state index is 15.3. The first-order valence-corrected chi connectivity index (χ1v) is 13.2. The third-order valence-electron chi connectivity index (χ3n) is 6.90. The van der Waals surface area contributed by atoms with E-state index in [9.17, 15) is 9.00 Å². The summed E-state index contributed by atoms with van der Waals surface area (Å²) < 4.78 is 33.3. The minimum atomic E-state index is -2.88. The lowest BCUT2D eigenvalue weighted by atomic mass is 9.88. The summed E-state index contributed by atoms with van der Waals surface area (Å²) in [5, 5.41) is -0.116. The summed E-state index contributed by atoms with van der Waals surface area (Å²) in [6.45, 7) is 7.53. The lowest BCUT2D eigenvalue weighted by molar-refractivity contribution is 0.0986. The van der Waals surface area contributed by atoms with E-state index in [1.54, 1.807) is 33.8 Å². The highest BCUT2D eigenvalue weighted by Gasteiger charge is 2.56. The highest BCUT2D eigenvalue weighted by atomic mass is 35.5. The Morgan fingerprint density at radius 3 is 2.74 bits per heavy atom. The molecule has 0 saturated heterocycles. The molecule has 3 atom stereocenters. The molecule has 0 bridgehead atoms. The Kier molecular flexibility index (Phi) is 6.31. The third-order valence-corrected chi connectivity index (χ3v) is 10.8. The van der Waals surface area contributed by atoms with Crippen molar-refractivity contribution in [3.63, 3.8) is 0 Å². The standard InChI is InChI=1S/C24H29ClFN5O2S/c1-14-11-15(25)13-28-20(14)18(32)12-16-8-9-17(26)21(30-16)24(4)19-7-5-6-10-29-34(19,33)23(2,3)22(27)31-24/h8-9,11,13,19H,5-7,10,12H2,1-4H3,(H2,27,31)/t19-,24+,34-/m1/s1. The molecule has 0 aliphatic carbocycles. The van der Waals surface area contributed by atoms with Gasteiger partial charge in [0, 0.05) is 18.4 Å². The molecule has 0 amide bonds. The second kappa shape index (κ2) is 8.68. The number of nitrogens with two attached hydrogens (primary N) is 1. The van der Waals surface area contributed by atoms with E-state index in [0.717, 1.165) is 12.8 Å². The number of aryl methyl sites for hydroxylation is 1. The van der Waals surface area contributed by atoms with Gasteiger partial charge >= 0.3 is 0 Å². The first-order chi connectivity index (χ1) is 15.9. The van der Waals surface area contributed by atoms with Crippen LogP contribution in [0.15, 0.2) is 33.8 Å². The molecule has 2 aliphatic rings. The van der Waals surface area contributed by atoms with Crippen molar-refractivity contribution in [3.8, 4) is 0 Å². The molecule has 0 spiro atoms. The molecule has 2 aromatic heterocycles. The van der Waals surface area contributed by atoms with Gasteiger partial charge in [0.25, 0.3) is 0 Å². The zero-order valence-corrected chi connectivity index (χ0v) is 21.3. The number of nitrogens with zero attached hydrogens (tertiary/aromatic N) is 4. The third kappa shape index (κ3) is 3.92. The van der Waals surface area contributed by atoms with Gasteiger partial charge in [-0.05, 0) is 64.3 Å². The molecular weight excluding hydrogens is 477 g/mol. The van der Waals surface area contributed by atoms with Gasteiger partial charge in [-0.25, -0.2) is 13.0 Å². The van der Waals surface area contributed by atoms with Crippen molar-refractivity contribution in [2.45, 2.75) is 68.9 Å². The Hall–Kier alpha value is -2.39. The van der Waals surface area contributed by atoms with Crippen LogP contribution in [0.2, 0.25) is 5.02 Å². The highest BCUT2D eigenvalue weighted by Crippen LogP contribution is 2.46. The fourth-order valence-electron chi connectivity index (χ4n) is 4.83. The molecule has 0 fully saturated rings. The SMILES string of the molecule is Cc1cc(Cl)cnc1C(=O)Cc1ccc(F)c([C@@]2(C)N=C(N)C(C)(C)[S@@]3(=O)=NCCCC[C@H]23)n1. The Morgan fingerprint density at radius 2 is 2.03 bits per heavy atom. The van der Waals surface area contributed by atoms with Crippen molar-refractivity contribution in [1.29, 1.82) is 0 Å². The summed E-state index contributed by atoms with van der Waals surface area (Å²) >= 11 is 5.95. The monoisotopic (exact) mass is 505 g/mol. The van der Waals surface area contributed by atoms with Crippen molar-refractivity contribution in [1.82, 2.24) is 9.97 Å². The lowest BCUT2D eigenvalue weighted by Gasteiger charge is -2.46. The van der Waals surface area contributed by atoms with Gasteiger partial charge in [-0.15, -0.1) is 0 Å². The van der Waals surface area contributed by atoms with Crippen LogP contribution in [0.3, 0.4) is 0 Å². The molecule has 10 heteroatoms. The molecule has 0 radical (unpaired) electrons. The highest BCUT2D eigenvalue weighted by molar-refractivity contribution is 7.96. The number of aliphatic imine (C=N–C) groups is 1. The number of pyridine rings is 2. The molecule has 182 valence electrons. The summed E-state index contributed by atoms with van der Waals surface area (Å²) in [5.41, 5.74) is 6.40. The number of carbonyl (C=O) groups excluding carboxylic acids is 1. The van der Waals surface area contributed by atoms with Crippen molar-refractivity contribution >= 4 is 32.9 Å². The molecule has 2 aliphatic heterocycles. The van der Waals surface area contributed by atoms with Gasteiger partial charge in [0.15, 0.2) is 5.78 Å². The van der Waals surface area contributed by atoms with E-state index in [2.05, 4.69) is 14.3 Å². The van der Waals surface area contributed by atoms with E-state index in [-0.39, 0.29) is 29.4 Å². The van der Waals surface area contributed by atoms with E-state index in [1.807, 2.05) is 0 Å². The number of rotatable bonds is 4. The van der Waals surface area contributed by atoms with Crippen LogP contribution in [0.1, 0.15) is 67.5 Å². The van der Waals surface area contributed by atoms with Crippen LogP contribution < -0.4 is 5.73 Å². The number of carbonyl (C=O) groups is 1. The summed E-state index contributed by atoms with van der Waals surface area (Å²) in [6.07, 6.45) is 3.51. The topological polar surface area (TPSA) is 111 Å². The van der Waals surface area contributed by atoms with E-state index in [1.165, 1.54) is 18.3 Å². The number of ketones is 1. The van der Waals surface area contributed by atoms with Crippen LogP contribution in [0, 0.1) is 12.7 Å². The van der Waals surface area contributed by atoms with Crippen molar-refractivity contribution in [3.05, 3.63) is 57.9 Å². The maximum Gasteiger partial charge on any atom is 0.187 e. The second-order valence-electron chi connectivity index (χ2n) is 9.61. The molecule has 0 aromatic carbocycles. The summed E-state index contributed by atoms with van der Waals surface area (Å²) in [5.74, 6) is -0.669. The molecule has 34 heavy (non-hydrogen) atoms. The number of amidine groups is 1. The molecule has 2 aromatic rings. The molecule has 0 saturated carbocycles. The summed E-state index contributed by atoms with van der Waals surface area (Å²) in [6, 6.07) is 4.42. The van der Waals surface area contributed by atoms with Crippen LogP contribution in [0.4, 0.5) is 4.39 Å². The minimum Gasteiger partial charge on any atom is -0.386 e. The fraction of sp³-hybridized carbons (Fsp3) is 0.500. The first kappa shape index (κ1) is 24.7. The van der Waals surface area contributed by atoms with E-state index in [0.29, 0.717) is 29.2 Å². The normalized spacial score (nSPS) is 28.3. The van der Waals surface area contributed by atoms with Gasteiger partial charge in [0.1, 0.15) is 33.3 Å². The average molecular weight is 506 g/mol. The number of hydrogen-bond donors (Lipinski definition) is 1. The average Bonchev–Trinajstić information content (AvgIpc) is 2.97. The van der Waals surface area contributed by atoms with Crippen molar-refractivity contribution < 1.29 is 13.4 Å². The zero-order chi connectivity index (χ0) is 24.9. The molecule has 4 heterocycles. The van der Waals surface area contributed by atoms with E-state index >= 15 is 4.39 Å². The Bertz CT molecular complexity index is 1320. The van der Waals surface area contributed by atoms with Gasteiger partial charge < -0.3 is 5.73 Å². The van der Waals surface area contributed by atoms with Gasteiger partial charge in [-0.3, -0.25) is 19.8 Å². The van der Waals surface area contributed by atoms with Crippen LogP contribution in [-0.2, 0) is 21.7 Å². The van der Waals surface area contributed by atoms with Crippen LogP contribution in [0.25, 0.3) is 0 Å².